The molecule has 5 nitrogen and oxygen atoms in total. The minimum absolute atomic E-state index is 0.0952. The highest BCUT2D eigenvalue weighted by Gasteiger charge is 2.35. The summed E-state index contributed by atoms with van der Waals surface area (Å²) < 4.78 is 35.0. The highest BCUT2D eigenvalue weighted by atomic mass is 32.2. The second-order valence-corrected chi connectivity index (χ2v) is 9.02. The highest BCUT2D eigenvalue weighted by Crippen LogP contribution is 2.26. The van der Waals surface area contributed by atoms with Crippen molar-refractivity contribution in [1.29, 1.82) is 0 Å². The van der Waals surface area contributed by atoms with Gasteiger partial charge in [0.25, 0.3) is 10.2 Å². The zero-order valence-corrected chi connectivity index (χ0v) is 15.5. The molecule has 1 aromatic carbocycles. The van der Waals surface area contributed by atoms with E-state index < -0.39 is 10.2 Å². The molecule has 0 radical (unpaired) electrons. The van der Waals surface area contributed by atoms with Gasteiger partial charge in [-0.3, -0.25) is 0 Å². The van der Waals surface area contributed by atoms with Crippen molar-refractivity contribution in [3.63, 3.8) is 0 Å². The summed E-state index contributed by atoms with van der Waals surface area (Å²) in [7, 11) is -3.31. The number of hydrogen-bond acceptors (Lipinski definition) is 3. The molecule has 2 saturated heterocycles. The van der Waals surface area contributed by atoms with Crippen molar-refractivity contribution in [2.45, 2.75) is 45.6 Å². The van der Waals surface area contributed by atoms with Gasteiger partial charge in [-0.15, -0.1) is 0 Å². The summed E-state index contributed by atoms with van der Waals surface area (Å²) in [5.41, 5.74) is 1.12. The van der Waals surface area contributed by atoms with E-state index in [-0.39, 0.29) is 6.10 Å². The average Bonchev–Trinajstić information content (AvgIpc) is 2.57. The van der Waals surface area contributed by atoms with Crippen LogP contribution >= 0.6 is 0 Å². The van der Waals surface area contributed by atoms with Crippen LogP contribution in [0.15, 0.2) is 24.3 Å². The fourth-order valence-corrected chi connectivity index (χ4v) is 5.37. The van der Waals surface area contributed by atoms with Crippen molar-refractivity contribution < 1.29 is 13.2 Å². The summed E-state index contributed by atoms with van der Waals surface area (Å²) in [5, 5.41) is 0. The highest BCUT2D eigenvalue weighted by molar-refractivity contribution is 7.86. The lowest BCUT2D eigenvalue weighted by Gasteiger charge is -2.37. The van der Waals surface area contributed by atoms with Crippen LogP contribution in [0, 0.1) is 12.8 Å². The van der Waals surface area contributed by atoms with Crippen LogP contribution in [-0.2, 0) is 10.2 Å². The Labute approximate surface area is 145 Å². The molecule has 0 saturated carbocycles. The fourth-order valence-electron chi connectivity index (χ4n) is 3.57. The third-order valence-electron chi connectivity index (χ3n) is 5.06. The number of aryl methyl sites for hydroxylation is 1. The first-order chi connectivity index (χ1) is 11.5. The van der Waals surface area contributed by atoms with Crippen LogP contribution in [0.1, 0.15) is 38.2 Å². The molecule has 6 heteroatoms. The monoisotopic (exact) mass is 352 g/mol. The predicted octanol–water partition coefficient (Wildman–Crippen LogP) is 2.81. The quantitative estimate of drug-likeness (QED) is 0.837. The van der Waals surface area contributed by atoms with E-state index in [1.54, 1.807) is 8.61 Å². The van der Waals surface area contributed by atoms with Crippen molar-refractivity contribution in [3.8, 4) is 5.75 Å². The number of rotatable bonds is 4. The van der Waals surface area contributed by atoms with Crippen LogP contribution < -0.4 is 4.74 Å². The van der Waals surface area contributed by atoms with E-state index in [9.17, 15) is 8.42 Å². The number of nitrogens with zero attached hydrogens (tertiary/aromatic N) is 2. The summed E-state index contributed by atoms with van der Waals surface area (Å²) in [5.74, 6) is 1.36. The average molecular weight is 353 g/mol. The molecule has 0 N–H and O–H groups in total. The van der Waals surface area contributed by atoms with E-state index in [1.165, 1.54) is 0 Å². The number of hydrogen-bond donors (Lipinski definition) is 0. The molecule has 3 rings (SSSR count). The third kappa shape index (κ3) is 3.92. The zero-order chi connectivity index (χ0) is 17.2. The van der Waals surface area contributed by atoms with Crippen molar-refractivity contribution in [2.75, 3.05) is 26.2 Å². The maximum absolute atomic E-state index is 12.8. The van der Waals surface area contributed by atoms with Gasteiger partial charge in [-0.2, -0.15) is 17.0 Å². The molecule has 0 spiro atoms. The molecule has 2 fully saturated rings. The van der Waals surface area contributed by atoms with E-state index >= 15 is 0 Å². The van der Waals surface area contributed by atoms with Gasteiger partial charge in [0, 0.05) is 26.2 Å². The Bertz CT molecular complexity index is 654. The molecule has 2 heterocycles. The van der Waals surface area contributed by atoms with Crippen molar-refractivity contribution in [2.24, 2.45) is 5.92 Å². The molecule has 0 aliphatic carbocycles. The summed E-state index contributed by atoms with van der Waals surface area (Å²) in [6.07, 6.45) is 3.68. The molecule has 0 unspecified atom stereocenters. The minimum atomic E-state index is -3.31. The number of para-hydroxylation sites is 1. The molecule has 0 bridgehead atoms. The van der Waals surface area contributed by atoms with Gasteiger partial charge in [-0.1, -0.05) is 25.1 Å². The molecule has 24 heavy (non-hydrogen) atoms. The van der Waals surface area contributed by atoms with Crippen molar-refractivity contribution in [1.82, 2.24) is 8.61 Å². The summed E-state index contributed by atoms with van der Waals surface area (Å²) in [6.45, 7) is 6.57. The molecule has 1 aromatic rings. The summed E-state index contributed by atoms with van der Waals surface area (Å²) in [4.78, 5) is 0. The Morgan fingerprint density at radius 3 is 2.42 bits per heavy atom. The lowest BCUT2D eigenvalue weighted by molar-refractivity contribution is 0.129. The zero-order valence-electron chi connectivity index (χ0n) is 14.6. The van der Waals surface area contributed by atoms with E-state index in [4.69, 9.17) is 4.74 Å². The van der Waals surface area contributed by atoms with Crippen LogP contribution in [-0.4, -0.2) is 49.3 Å². The second-order valence-electron chi connectivity index (χ2n) is 7.09. The van der Waals surface area contributed by atoms with Gasteiger partial charge in [-0.05, 0) is 50.2 Å². The predicted molar refractivity (Wildman–Crippen MR) is 95.3 cm³/mol. The van der Waals surface area contributed by atoms with Crippen LogP contribution in [0.2, 0.25) is 0 Å². The standard InChI is InChI=1S/C18H28N2O3S/c1-15-6-5-11-20(14-15)24(21,22)19-12-9-17(10-13-19)23-18-8-4-3-7-16(18)2/h3-4,7-8,15,17H,5-6,9-14H2,1-2H3/t15-/m0/s1. The van der Waals surface area contributed by atoms with Gasteiger partial charge >= 0.3 is 0 Å². The SMILES string of the molecule is Cc1ccccc1OC1CCN(S(=O)(=O)N2CCC[C@H](C)C2)CC1. The third-order valence-corrected chi connectivity index (χ3v) is 7.06. The topological polar surface area (TPSA) is 49.9 Å². The van der Waals surface area contributed by atoms with Gasteiger partial charge in [-0.25, -0.2) is 0 Å². The van der Waals surface area contributed by atoms with Gasteiger partial charge in [0.1, 0.15) is 11.9 Å². The molecule has 134 valence electrons. The normalized spacial score (nSPS) is 24.8. The summed E-state index contributed by atoms with van der Waals surface area (Å²) >= 11 is 0. The van der Waals surface area contributed by atoms with E-state index in [0.29, 0.717) is 32.1 Å². The molecule has 2 aliphatic heterocycles. The Kier molecular flexibility index (Phi) is 5.47. The largest absolute Gasteiger partial charge is 0.490 e. The molecular formula is C18H28N2O3S. The number of benzene rings is 1. The molecule has 1 atom stereocenters. The van der Waals surface area contributed by atoms with E-state index in [0.717, 1.165) is 37.0 Å². The number of ether oxygens (including phenoxy) is 1. The first kappa shape index (κ1) is 17.7. The van der Waals surface area contributed by atoms with Crippen LogP contribution in [0.3, 0.4) is 0 Å². The number of piperidine rings is 2. The van der Waals surface area contributed by atoms with Gasteiger partial charge < -0.3 is 4.74 Å². The Morgan fingerprint density at radius 1 is 1.04 bits per heavy atom. The lowest BCUT2D eigenvalue weighted by atomic mass is 10.0. The molecular weight excluding hydrogens is 324 g/mol. The molecule has 2 aliphatic rings. The van der Waals surface area contributed by atoms with E-state index in [1.807, 2.05) is 31.2 Å². The van der Waals surface area contributed by atoms with Crippen molar-refractivity contribution >= 4 is 10.2 Å². The Hall–Kier alpha value is -1.11. The Morgan fingerprint density at radius 2 is 1.75 bits per heavy atom. The second kappa shape index (κ2) is 7.42. The van der Waals surface area contributed by atoms with Crippen LogP contribution in [0.4, 0.5) is 0 Å². The van der Waals surface area contributed by atoms with Crippen LogP contribution in [0.5, 0.6) is 5.75 Å². The minimum Gasteiger partial charge on any atom is -0.490 e. The Balaban J connectivity index is 1.57. The first-order valence-electron chi connectivity index (χ1n) is 8.94. The maximum atomic E-state index is 12.8. The van der Waals surface area contributed by atoms with Gasteiger partial charge in [0.15, 0.2) is 0 Å². The van der Waals surface area contributed by atoms with E-state index in [2.05, 4.69) is 6.92 Å². The van der Waals surface area contributed by atoms with Crippen molar-refractivity contribution in [3.05, 3.63) is 29.8 Å². The van der Waals surface area contributed by atoms with Crippen LogP contribution in [0.25, 0.3) is 0 Å². The smallest absolute Gasteiger partial charge is 0.281 e. The molecule has 0 aromatic heterocycles. The maximum Gasteiger partial charge on any atom is 0.281 e. The summed E-state index contributed by atoms with van der Waals surface area (Å²) in [6, 6.07) is 7.98. The fraction of sp³-hybridized carbons (Fsp3) is 0.667. The molecule has 0 amide bonds. The van der Waals surface area contributed by atoms with Gasteiger partial charge in [0.2, 0.25) is 0 Å². The first-order valence-corrected chi connectivity index (χ1v) is 10.3. The lowest BCUT2D eigenvalue weighted by Crippen LogP contribution is -2.51. The van der Waals surface area contributed by atoms with Gasteiger partial charge in [0.05, 0.1) is 0 Å².